The van der Waals surface area contributed by atoms with E-state index in [1.165, 1.54) is 0 Å². The molecule has 1 saturated heterocycles. The first kappa shape index (κ1) is 15.9. The van der Waals surface area contributed by atoms with Crippen molar-refractivity contribution in [1.29, 1.82) is 0 Å². The topological polar surface area (TPSA) is 97.0 Å². The van der Waals surface area contributed by atoms with Crippen molar-refractivity contribution in [3.63, 3.8) is 0 Å². The van der Waals surface area contributed by atoms with Crippen molar-refractivity contribution in [2.45, 2.75) is 13.8 Å². The minimum atomic E-state index is 0.534. The van der Waals surface area contributed by atoms with Crippen LogP contribution in [0.4, 0.5) is 11.6 Å². The molecule has 0 bridgehead atoms. The summed E-state index contributed by atoms with van der Waals surface area (Å²) in [5.41, 5.74) is 1.50. The van der Waals surface area contributed by atoms with Crippen LogP contribution in [0.15, 0.2) is 30.5 Å². The smallest absolute Gasteiger partial charge is 0.178 e. The molecule has 1 aliphatic rings. The summed E-state index contributed by atoms with van der Waals surface area (Å²) in [5.74, 6) is 3.86. The minimum Gasteiger partial charge on any atom is -0.369 e. The van der Waals surface area contributed by atoms with Gasteiger partial charge in [0, 0.05) is 31.7 Å². The fraction of sp³-hybridized carbons (Fsp3) is 0.333. The molecule has 1 N–H and O–H groups in total. The molecule has 9 nitrogen and oxygen atoms in total. The van der Waals surface area contributed by atoms with Crippen molar-refractivity contribution in [2.75, 3.05) is 29.9 Å². The lowest BCUT2D eigenvalue weighted by Crippen LogP contribution is -2.50. The highest BCUT2D eigenvalue weighted by Crippen LogP contribution is 2.24. The molecule has 0 atom stereocenters. The average molecular weight is 361 g/mol. The van der Waals surface area contributed by atoms with E-state index < -0.39 is 0 Å². The molecular formula is C18H19N9. The molecular weight excluding hydrogens is 342 g/mol. The van der Waals surface area contributed by atoms with Crippen molar-refractivity contribution < 1.29 is 0 Å². The zero-order valence-electron chi connectivity index (χ0n) is 15.2. The number of hydrogen-bond acceptors (Lipinski definition) is 8. The number of nitrogens with one attached hydrogen (secondary N) is 1. The largest absolute Gasteiger partial charge is 0.369 e. The summed E-state index contributed by atoms with van der Waals surface area (Å²) in [5, 5.41) is 17.2. The third-order valence-electron chi connectivity index (χ3n) is 4.83. The maximum atomic E-state index is 4.63. The molecule has 0 radical (unpaired) electrons. The van der Waals surface area contributed by atoms with Crippen LogP contribution in [0, 0.1) is 19.8 Å². The molecule has 0 spiro atoms. The molecule has 0 aromatic carbocycles. The Bertz CT molecular complexity index is 1130. The molecule has 0 saturated carbocycles. The molecule has 4 aromatic heterocycles. The second-order valence-corrected chi connectivity index (χ2v) is 6.85. The molecule has 4 aromatic rings. The van der Waals surface area contributed by atoms with E-state index in [2.05, 4.69) is 40.5 Å². The first-order valence-electron chi connectivity index (χ1n) is 8.94. The van der Waals surface area contributed by atoms with E-state index in [1.807, 2.05) is 38.1 Å². The zero-order valence-corrected chi connectivity index (χ0v) is 15.2. The molecule has 1 fully saturated rings. The van der Waals surface area contributed by atoms with E-state index >= 15 is 0 Å². The number of rotatable bonds is 4. The van der Waals surface area contributed by atoms with Crippen LogP contribution in [-0.4, -0.2) is 54.4 Å². The molecule has 1 aliphatic heterocycles. The zero-order chi connectivity index (χ0) is 18.4. The highest BCUT2D eigenvalue weighted by atomic mass is 15.4. The summed E-state index contributed by atoms with van der Waals surface area (Å²) in [6, 6.07) is 7.86. The van der Waals surface area contributed by atoms with Gasteiger partial charge >= 0.3 is 0 Å². The highest BCUT2D eigenvalue weighted by Gasteiger charge is 2.28. The van der Waals surface area contributed by atoms with Crippen LogP contribution >= 0.6 is 0 Å². The Morgan fingerprint density at radius 2 is 2.00 bits per heavy atom. The number of pyridine rings is 1. The monoisotopic (exact) mass is 361 g/mol. The number of aryl methyl sites for hydroxylation is 2. The second-order valence-electron chi connectivity index (χ2n) is 6.85. The fourth-order valence-electron chi connectivity index (χ4n) is 3.39. The average Bonchev–Trinajstić information content (AvgIpc) is 3.01. The van der Waals surface area contributed by atoms with Crippen LogP contribution in [0.25, 0.3) is 16.7 Å². The van der Waals surface area contributed by atoms with E-state index in [0.29, 0.717) is 5.92 Å². The van der Waals surface area contributed by atoms with Gasteiger partial charge < -0.3 is 10.2 Å². The molecule has 9 heteroatoms. The molecule has 136 valence electrons. The van der Waals surface area contributed by atoms with Crippen molar-refractivity contribution >= 4 is 28.3 Å². The van der Waals surface area contributed by atoms with Gasteiger partial charge in [0.2, 0.25) is 0 Å². The Balaban J connectivity index is 1.26. The van der Waals surface area contributed by atoms with Crippen molar-refractivity contribution in [1.82, 2.24) is 34.8 Å². The van der Waals surface area contributed by atoms with Crippen LogP contribution in [-0.2, 0) is 0 Å². The lowest BCUT2D eigenvalue weighted by molar-refractivity contribution is 0.424. The van der Waals surface area contributed by atoms with Gasteiger partial charge in [0.25, 0.3) is 0 Å². The molecule has 27 heavy (non-hydrogen) atoms. The fourth-order valence-corrected chi connectivity index (χ4v) is 3.39. The third kappa shape index (κ3) is 2.80. The molecule has 5 rings (SSSR count). The van der Waals surface area contributed by atoms with Gasteiger partial charge in [0.1, 0.15) is 17.5 Å². The van der Waals surface area contributed by atoms with Gasteiger partial charge in [-0.15, -0.1) is 15.3 Å². The number of fused-ring (bicyclic) bond motifs is 2. The van der Waals surface area contributed by atoms with Crippen molar-refractivity contribution in [3.8, 4) is 0 Å². The molecule has 5 heterocycles. The predicted molar refractivity (Wildman–Crippen MR) is 102 cm³/mol. The second kappa shape index (κ2) is 6.11. The van der Waals surface area contributed by atoms with E-state index in [9.17, 15) is 0 Å². The number of nitrogens with zero attached hydrogens (tertiary/aromatic N) is 8. The van der Waals surface area contributed by atoms with Gasteiger partial charge in [0.15, 0.2) is 17.1 Å². The Labute approximate surface area is 155 Å². The summed E-state index contributed by atoms with van der Waals surface area (Å²) in [7, 11) is 0. The van der Waals surface area contributed by atoms with Crippen LogP contribution in [0.3, 0.4) is 0 Å². The third-order valence-corrected chi connectivity index (χ3v) is 4.83. The SMILES string of the molecule is Cc1nc(NCC2CN(c3ccc4nnc(C)n4n3)C2)c2cccnc2n1. The number of anilines is 2. The lowest BCUT2D eigenvalue weighted by atomic mass is 10.0. The normalized spacial score (nSPS) is 14.7. The Morgan fingerprint density at radius 3 is 2.89 bits per heavy atom. The Hall–Kier alpha value is -3.36. The van der Waals surface area contributed by atoms with Crippen molar-refractivity contribution in [2.24, 2.45) is 5.92 Å². The van der Waals surface area contributed by atoms with E-state index in [4.69, 9.17) is 0 Å². The summed E-state index contributed by atoms with van der Waals surface area (Å²) in [6.45, 7) is 6.55. The van der Waals surface area contributed by atoms with Crippen LogP contribution in [0.1, 0.15) is 11.6 Å². The minimum absolute atomic E-state index is 0.534. The lowest BCUT2D eigenvalue weighted by Gasteiger charge is -2.40. The van der Waals surface area contributed by atoms with Crippen LogP contribution in [0.5, 0.6) is 0 Å². The maximum absolute atomic E-state index is 4.63. The van der Waals surface area contributed by atoms with E-state index in [0.717, 1.165) is 59.6 Å². The first-order valence-corrected chi connectivity index (χ1v) is 8.94. The predicted octanol–water partition coefficient (Wildman–Crippen LogP) is 1.63. The standard InChI is InChI=1S/C18H19N9/c1-11-21-17-14(4-3-7-19-17)18(22-11)20-8-13-9-26(10-13)16-6-5-15-24-23-12(2)27(15)25-16/h3-7,13H,8-10H2,1-2H3,(H,19,20,21,22). The first-order chi connectivity index (χ1) is 13.2. The van der Waals surface area contributed by atoms with Gasteiger partial charge in [0.05, 0.1) is 5.39 Å². The van der Waals surface area contributed by atoms with E-state index in [1.54, 1.807) is 10.7 Å². The van der Waals surface area contributed by atoms with Gasteiger partial charge in [-0.25, -0.2) is 15.0 Å². The van der Waals surface area contributed by atoms with Crippen molar-refractivity contribution in [3.05, 3.63) is 42.1 Å². The number of aromatic nitrogens is 7. The summed E-state index contributed by atoms with van der Waals surface area (Å²) >= 11 is 0. The summed E-state index contributed by atoms with van der Waals surface area (Å²) in [4.78, 5) is 15.5. The van der Waals surface area contributed by atoms with Gasteiger partial charge in [-0.3, -0.25) is 0 Å². The highest BCUT2D eigenvalue weighted by molar-refractivity contribution is 5.86. The maximum Gasteiger partial charge on any atom is 0.178 e. The van der Waals surface area contributed by atoms with Gasteiger partial charge in [-0.1, -0.05) is 0 Å². The molecule has 0 aliphatic carbocycles. The summed E-state index contributed by atoms with van der Waals surface area (Å²) < 4.78 is 1.78. The molecule has 0 amide bonds. The quantitative estimate of drug-likeness (QED) is 0.586. The van der Waals surface area contributed by atoms with Gasteiger partial charge in [-0.05, 0) is 38.1 Å². The van der Waals surface area contributed by atoms with Crippen LogP contribution < -0.4 is 10.2 Å². The van der Waals surface area contributed by atoms with E-state index in [-0.39, 0.29) is 0 Å². The summed E-state index contributed by atoms with van der Waals surface area (Å²) in [6.07, 6.45) is 1.75. The Kier molecular flexibility index (Phi) is 3.59. The molecule has 0 unspecified atom stereocenters. The number of hydrogen-bond donors (Lipinski definition) is 1. The Morgan fingerprint density at radius 1 is 1.11 bits per heavy atom. The van der Waals surface area contributed by atoms with Crippen LogP contribution in [0.2, 0.25) is 0 Å². The van der Waals surface area contributed by atoms with Gasteiger partial charge in [-0.2, -0.15) is 4.52 Å².